The van der Waals surface area contributed by atoms with Gasteiger partial charge in [-0.25, -0.2) is 0 Å². The highest BCUT2D eigenvalue weighted by atomic mass is 16.1. The molecule has 0 aliphatic carbocycles. The van der Waals surface area contributed by atoms with Crippen molar-refractivity contribution >= 4 is 5.78 Å². The summed E-state index contributed by atoms with van der Waals surface area (Å²) in [5, 5.41) is 0. The van der Waals surface area contributed by atoms with Gasteiger partial charge >= 0.3 is 0 Å². The third-order valence-electron chi connectivity index (χ3n) is 3.11. The van der Waals surface area contributed by atoms with Gasteiger partial charge in [0.15, 0.2) is 5.78 Å². The van der Waals surface area contributed by atoms with E-state index in [-0.39, 0.29) is 17.2 Å². The topological polar surface area (TPSA) is 43.1 Å². The first-order chi connectivity index (χ1) is 5.86. The molecule has 0 rings (SSSR count). The smallest absolute Gasteiger partial charge is 0.155 e. The molecule has 0 aromatic rings. The summed E-state index contributed by atoms with van der Waals surface area (Å²) in [4.78, 5) is 11.9. The molecule has 2 unspecified atom stereocenters. The van der Waals surface area contributed by atoms with Crippen LogP contribution in [0.3, 0.4) is 0 Å². The van der Waals surface area contributed by atoms with Gasteiger partial charge in [0.1, 0.15) is 0 Å². The van der Waals surface area contributed by atoms with Crippen molar-refractivity contribution in [3.05, 3.63) is 0 Å². The molecule has 0 aliphatic heterocycles. The van der Waals surface area contributed by atoms with Crippen LogP contribution >= 0.6 is 0 Å². The van der Waals surface area contributed by atoms with E-state index in [1.807, 2.05) is 27.7 Å². The number of rotatable bonds is 5. The van der Waals surface area contributed by atoms with Crippen LogP contribution in [0.15, 0.2) is 0 Å². The lowest BCUT2D eigenvalue weighted by Gasteiger charge is -2.27. The maximum absolute atomic E-state index is 11.9. The number of hydrogen-bond acceptors (Lipinski definition) is 2. The minimum Gasteiger partial charge on any atom is -0.321 e. The Morgan fingerprint density at radius 3 is 2.15 bits per heavy atom. The van der Waals surface area contributed by atoms with Crippen molar-refractivity contribution in [3.8, 4) is 0 Å². The van der Waals surface area contributed by atoms with Gasteiger partial charge in [0.2, 0.25) is 0 Å². The fraction of sp³-hybridized carbons (Fsp3) is 0.909. The molecule has 2 N–H and O–H groups in total. The highest BCUT2D eigenvalue weighted by Gasteiger charge is 2.32. The zero-order chi connectivity index (χ0) is 10.6. The van der Waals surface area contributed by atoms with Gasteiger partial charge < -0.3 is 5.73 Å². The summed E-state index contributed by atoms with van der Waals surface area (Å²) >= 11 is 0. The van der Waals surface area contributed by atoms with Crippen molar-refractivity contribution in [1.29, 1.82) is 0 Å². The second-order valence-corrected chi connectivity index (χ2v) is 4.51. The number of nitrogens with two attached hydrogens (primary N) is 1. The molecular weight excluding hydrogens is 162 g/mol. The van der Waals surface area contributed by atoms with Crippen molar-refractivity contribution in [2.75, 3.05) is 0 Å². The van der Waals surface area contributed by atoms with Crippen LogP contribution < -0.4 is 5.73 Å². The molecule has 13 heavy (non-hydrogen) atoms. The lowest BCUT2D eigenvalue weighted by Crippen LogP contribution is -2.44. The summed E-state index contributed by atoms with van der Waals surface area (Å²) in [6, 6.07) is -0.292. The van der Waals surface area contributed by atoms with E-state index in [0.29, 0.717) is 5.92 Å². The Labute approximate surface area is 81.9 Å². The molecule has 0 heterocycles. The van der Waals surface area contributed by atoms with E-state index in [0.717, 1.165) is 12.8 Å². The van der Waals surface area contributed by atoms with Crippen molar-refractivity contribution in [1.82, 2.24) is 0 Å². The van der Waals surface area contributed by atoms with Crippen molar-refractivity contribution in [3.63, 3.8) is 0 Å². The second-order valence-electron chi connectivity index (χ2n) is 4.51. The van der Waals surface area contributed by atoms with Crippen molar-refractivity contribution in [2.24, 2.45) is 17.1 Å². The van der Waals surface area contributed by atoms with Crippen molar-refractivity contribution in [2.45, 2.75) is 53.5 Å². The number of hydrogen-bond donors (Lipinski definition) is 1. The Bertz CT molecular complexity index is 175. The standard InChI is InChI=1S/C11H23NO/c1-6-8(3)9(12)10(13)11(4,5)7-2/h8-9H,6-7,12H2,1-5H3. The maximum Gasteiger partial charge on any atom is 0.155 e. The molecule has 2 heteroatoms. The Morgan fingerprint density at radius 1 is 1.38 bits per heavy atom. The second kappa shape index (κ2) is 4.75. The molecule has 0 fully saturated rings. The minimum absolute atomic E-state index is 0.198. The predicted molar refractivity (Wildman–Crippen MR) is 56.5 cm³/mol. The molecule has 0 saturated carbocycles. The highest BCUT2D eigenvalue weighted by molar-refractivity contribution is 5.89. The number of Topliss-reactive ketones (excluding diaryl/α,β-unsaturated/α-hetero) is 1. The fourth-order valence-corrected chi connectivity index (χ4v) is 1.14. The zero-order valence-electron chi connectivity index (χ0n) is 9.55. The number of carbonyl (C=O) groups is 1. The van der Waals surface area contributed by atoms with Gasteiger partial charge in [-0.3, -0.25) is 4.79 Å². The normalized spacial score (nSPS) is 16.8. The molecule has 0 saturated heterocycles. The van der Waals surface area contributed by atoms with Crippen LogP contribution in [0.2, 0.25) is 0 Å². The van der Waals surface area contributed by atoms with E-state index in [9.17, 15) is 4.79 Å². The van der Waals surface area contributed by atoms with E-state index in [1.54, 1.807) is 0 Å². The van der Waals surface area contributed by atoms with Gasteiger partial charge in [-0.2, -0.15) is 0 Å². The average molecular weight is 185 g/mol. The first kappa shape index (κ1) is 12.6. The van der Waals surface area contributed by atoms with Gasteiger partial charge in [-0.1, -0.05) is 41.0 Å². The van der Waals surface area contributed by atoms with E-state index < -0.39 is 0 Å². The van der Waals surface area contributed by atoms with Crippen LogP contribution in [-0.2, 0) is 4.79 Å². The molecule has 0 bridgehead atoms. The fourth-order valence-electron chi connectivity index (χ4n) is 1.14. The predicted octanol–water partition coefficient (Wildman–Crippen LogP) is 2.37. The molecule has 78 valence electrons. The highest BCUT2D eigenvalue weighted by Crippen LogP contribution is 2.24. The van der Waals surface area contributed by atoms with Gasteiger partial charge in [0, 0.05) is 5.41 Å². The summed E-state index contributed by atoms with van der Waals surface area (Å²) in [5.74, 6) is 0.489. The van der Waals surface area contributed by atoms with Crippen LogP contribution in [0, 0.1) is 11.3 Å². The molecule has 0 amide bonds. The van der Waals surface area contributed by atoms with Gasteiger partial charge in [-0.15, -0.1) is 0 Å². The van der Waals surface area contributed by atoms with Crippen LogP contribution in [0.4, 0.5) is 0 Å². The van der Waals surface area contributed by atoms with Crippen LogP contribution in [0.1, 0.15) is 47.5 Å². The Hall–Kier alpha value is -0.370. The lowest BCUT2D eigenvalue weighted by atomic mass is 9.78. The zero-order valence-corrected chi connectivity index (χ0v) is 9.55. The van der Waals surface area contributed by atoms with E-state index in [4.69, 9.17) is 5.73 Å². The molecule has 0 radical (unpaired) electrons. The summed E-state index contributed by atoms with van der Waals surface area (Å²) in [6.45, 7) is 10.1. The third-order valence-corrected chi connectivity index (χ3v) is 3.11. The monoisotopic (exact) mass is 185 g/mol. The summed E-state index contributed by atoms with van der Waals surface area (Å²) in [6.07, 6.45) is 1.82. The number of carbonyl (C=O) groups excluding carboxylic acids is 1. The molecule has 2 nitrogen and oxygen atoms in total. The SMILES string of the molecule is CCC(C)C(N)C(=O)C(C)(C)CC. The first-order valence-corrected chi connectivity index (χ1v) is 5.16. The largest absolute Gasteiger partial charge is 0.321 e. The quantitative estimate of drug-likeness (QED) is 0.714. The van der Waals surface area contributed by atoms with Crippen LogP contribution in [0.25, 0.3) is 0 Å². The summed E-state index contributed by atoms with van der Waals surface area (Å²) in [5.41, 5.74) is 5.62. The average Bonchev–Trinajstić information content (AvgIpc) is 2.14. The van der Waals surface area contributed by atoms with E-state index in [2.05, 4.69) is 6.92 Å². The number of ketones is 1. The molecule has 0 spiro atoms. The van der Waals surface area contributed by atoms with Gasteiger partial charge in [-0.05, 0) is 12.3 Å². The maximum atomic E-state index is 11.9. The van der Waals surface area contributed by atoms with Gasteiger partial charge in [0.25, 0.3) is 0 Å². The summed E-state index contributed by atoms with van der Waals surface area (Å²) in [7, 11) is 0. The van der Waals surface area contributed by atoms with Crippen LogP contribution in [0.5, 0.6) is 0 Å². The van der Waals surface area contributed by atoms with Gasteiger partial charge in [0.05, 0.1) is 6.04 Å². The Morgan fingerprint density at radius 2 is 1.85 bits per heavy atom. The molecular formula is C11H23NO. The Balaban J connectivity index is 4.42. The molecule has 2 atom stereocenters. The molecule has 0 aromatic heterocycles. The van der Waals surface area contributed by atoms with Crippen molar-refractivity contribution < 1.29 is 4.79 Å². The first-order valence-electron chi connectivity index (χ1n) is 5.16. The van der Waals surface area contributed by atoms with E-state index in [1.165, 1.54) is 0 Å². The summed E-state index contributed by atoms with van der Waals surface area (Å²) < 4.78 is 0. The lowest BCUT2D eigenvalue weighted by molar-refractivity contribution is -0.129. The minimum atomic E-state index is -0.292. The van der Waals surface area contributed by atoms with Crippen LogP contribution in [-0.4, -0.2) is 11.8 Å². The Kier molecular flexibility index (Phi) is 4.62. The third kappa shape index (κ3) is 3.11. The molecule has 0 aromatic carbocycles. The van der Waals surface area contributed by atoms with E-state index >= 15 is 0 Å². The molecule has 0 aliphatic rings.